The number of nitrogens with one attached hydrogen (secondary N) is 1. The van der Waals surface area contributed by atoms with Gasteiger partial charge in [-0.3, -0.25) is 0 Å². The number of aliphatic hydroxyl groups is 1. The number of rotatable bonds is 3. The maximum Gasteiger partial charge on any atom is 0.0763 e. The van der Waals surface area contributed by atoms with E-state index >= 15 is 0 Å². The van der Waals surface area contributed by atoms with Crippen LogP contribution in [-0.2, 0) is 0 Å². The number of hydrogen-bond acceptors (Lipinski definition) is 3. The van der Waals surface area contributed by atoms with Crippen molar-refractivity contribution in [1.82, 2.24) is 10.2 Å². The van der Waals surface area contributed by atoms with E-state index in [0.717, 1.165) is 12.2 Å². The summed E-state index contributed by atoms with van der Waals surface area (Å²) < 4.78 is 0. The molecule has 3 heteroatoms. The zero-order valence-corrected chi connectivity index (χ0v) is 11.5. The Morgan fingerprint density at radius 3 is 2.44 bits per heavy atom. The predicted octanol–water partition coefficient (Wildman–Crippen LogP) is 2.11. The first-order valence-electron chi connectivity index (χ1n) is 5.92. The van der Waals surface area contributed by atoms with E-state index < -0.39 is 5.60 Å². The van der Waals surface area contributed by atoms with Gasteiger partial charge >= 0.3 is 0 Å². The van der Waals surface area contributed by atoms with Crippen LogP contribution in [0, 0.1) is 0 Å². The smallest absolute Gasteiger partial charge is 0.0763 e. The van der Waals surface area contributed by atoms with Gasteiger partial charge in [-0.25, -0.2) is 0 Å². The normalized spacial score (nSPS) is 15.8. The van der Waals surface area contributed by atoms with Crippen molar-refractivity contribution in [3.63, 3.8) is 0 Å². The van der Waals surface area contributed by atoms with Gasteiger partial charge in [-0.15, -0.1) is 0 Å². The molecule has 1 rings (SSSR count). The van der Waals surface area contributed by atoms with Gasteiger partial charge in [-0.2, -0.15) is 0 Å². The standard InChI is InChI=1S/C11H20N2O.C2H6/c1-9-5-10(7-13(4)6-9)12-8-11(2,3)14;1-2/h5-6,12,14H,7-8H2,1-4H3;1-2H3. The Bertz CT molecular complexity index is 262. The molecular weight excluding hydrogens is 200 g/mol. The monoisotopic (exact) mass is 226 g/mol. The summed E-state index contributed by atoms with van der Waals surface area (Å²) in [5.74, 6) is 0. The van der Waals surface area contributed by atoms with Gasteiger partial charge in [-0.1, -0.05) is 13.8 Å². The second-order valence-corrected chi connectivity index (χ2v) is 4.62. The largest absolute Gasteiger partial charge is 0.389 e. The molecule has 0 saturated carbocycles. The maximum absolute atomic E-state index is 9.56. The Balaban J connectivity index is 0.00000106. The first-order valence-corrected chi connectivity index (χ1v) is 5.92. The van der Waals surface area contributed by atoms with Crippen molar-refractivity contribution >= 4 is 0 Å². The van der Waals surface area contributed by atoms with Crippen LogP contribution in [-0.4, -0.2) is 35.7 Å². The summed E-state index contributed by atoms with van der Waals surface area (Å²) in [6.07, 6.45) is 4.22. The Morgan fingerprint density at radius 1 is 1.44 bits per heavy atom. The van der Waals surface area contributed by atoms with E-state index in [4.69, 9.17) is 0 Å². The molecule has 1 aliphatic heterocycles. The number of likely N-dealkylation sites (N-methyl/N-ethyl adjacent to an activating group) is 1. The molecule has 3 nitrogen and oxygen atoms in total. The minimum atomic E-state index is -0.658. The third-order valence-corrected chi connectivity index (χ3v) is 1.99. The van der Waals surface area contributed by atoms with Crippen molar-refractivity contribution in [3.05, 3.63) is 23.5 Å². The second-order valence-electron chi connectivity index (χ2n) is 4.62. The predicted molar refractivity (Wildman–Crippen MR) is 70.1 cm³/mol. The summed E-state index contributed by atoms with van der Waals surface area (Å²) in [6, 6.07) is 0. The molecule has 0 aliphatic carbocycles. The molecule has 2 N–H and O–H groups in total. The first-order chi connectivity index (χ1) is 7.37. The Morgan fingerprint density at radius 2 is 2.00 bits per heavy atom. The van der Waals surface area contributed by atoms with Gasteiger partial charge in [0, 0.05) is 25.5 Å². The van der Waals surface area contributed by atoms with Crippen molar-refractivity contribution in [2.24, 2.45) is 0 Å². The fourth-order valence-corrected chi connectivity index (χ4v) is 1.46. The van der Waals surface area contributed by atoms with Crippen LogP contribution in [0.5, 0.6) is 0 Å². The highest BCUT2D eigenvalue weighted by Crippen LogP contribution is 2.10. The molecule has 0 radical (unpaired) electrons. The lowest BCUT2D eigenvalue weighted by molar-refractivity contribution is 0.0821. The highest BCUT2D eigenvalue weighted by Gasteiger charge is 2.13. The van der Waals surface area contributed by atoms with Gasteiger partial charge in [0.2, 0.25) is 0 Å². The van der Waals surface area contributed by atoms with Gasteiger partial charge < -0.3 is 15.3 Å². The van der Waals surface area contributed by atoms with E-state index in [2.05, 4.69) is 29.4 Å². The molecule has 0 saturated heterocycles. The summed E-state index contributed by atoms with van der Waals surface area (Å²) in [5.41, 5.74) is 1.74. The molecular formula is C13H26N2O. The van der Waals surface area contributed by atoms with Crippen molar-refractivity contribution in [2.75, 3.05) is 20.1 Å². The SMILES string of the molecule is CC.CC1=CN(C)CC(NCC(C)(C)O)=C1. The van der Waals surface area contributed by atoms with Crippen LogP contribution < -0.4 is 5.32 Å². The van der Waals surface area contributed by atoms with Crippen molar-refractivity contribution < 1.29 is 5.11 Å². The number of hydrogen-bond donors (Lipinski definition) is 2. The molecule has 0 aromatic rings. The minimum absolute atomic E-state index is 0.583. The summed E-state index contributed by atoms with van der Waals surface area (Å²) in [5, 5.41) is 12.8. The summed E-state index contributed by atoms with van der Waals surface area (Å²) in [7, 11) is 2.04. The second kappa shape index (κ2) is 6.59. The van der Waals surface area contributed by atoms with Crippen molar-refractivity contribution in [1.29, 1.82) is 0 Å². The topological polar surface area (TPSA) is 35.5 Å². The summed E-state index contributed by atoms with van der Waals surface area (Å²) in [4.78, 5) is 2.13. The lowest BCUT2D eigenvalue weighted by Crippen LogP contribution is -2.37. The molecule has 0 fully saturated rings. The van der Waals surface area contributed by atoms with Crippen LogP contribution in [0.3, 0.4) is 0 Å². The summed E-state index contributed by atoms with van der Waals surface area (Å²) in [6.45, 7) is 11.1. The zero-order valence-electron chi connectivity index (χ0n) is 11.5. The zero-order chi connectivity index (χ0) is 12.8. The average molecular weight is 226 g/mol. The van der Waals surface area contributed by atoms with E-state index in [1.54, 1.807) is 13.8 Å². The van der Waals surface area contributed by atoms with E-state index in [-0.39, 0.29) is 0 Å². The molecule has 94 valence electrons. The fraction of sp³-hybridized carbons (Fsp3) is 0.692. The molecule has 0 unspecified atom stereocenters. The first kappa shape index (κ1) is 15.0. The Kier molecular flexibility index (Phi) is 6.19. The number of allylic oxidation sites excluding steroid dienone is 2. The van der Waals surface area contributed by atoms with E-state index in [0.29, 0.717) is 6.54 Å². The Hall–Kier alpha value is -0.960. The molecule has 0 aromatic carbocycles. The van der Waals surface area contributed by atoms with Crippen LogP contribution in [0.4, 0.5) is 0 Å². The highest BCUT2D eigenvalue weighted by atomic mass is 16.3. The molecule has 0 amide bonds. The molecule has 0 aromatic heterocycles. The van der Waals surface area contributed by atoms with Gasteiger partial charge in [0.1, 0.15) is 0 Å². The molecule has 1 aliphatic rings. The van der Waals surface area contributed by atoms with Gasteiger partial charge in [0.15, 0.2) is 0 Å². The van der Waals surface area contributed by atoms with Crippen LogP contribution in [0.2, 0.25) is 0 Å². The maximum atomic E-state index is 9.56. The van der Waals surface area contributed by atoms with Gasteiger partial charge in [0.05, 0.1) is 12.1 Å². The van der Waals surface area contributed by atoms with Crippen LogP contribution in [0.25, 0.3) is 0 Å². The van der Waals surface area contributed by atoms with Crippen molar-refractivity contribution in [3.8, 4) is 0 Å². The van der Waals surface area contributed by atoms with Crippen LogP contribution in [0.1, 0.15) is 34.6 Å². The molecule has 0 atom stereocenters. The fourth-order valence-electron chi connectivity index (χ4n) is 1.46. The molecule has 0 bridgehead atoms. The van der Waals surface area contributed by atoms with Gasteiger partial charge in [-0.05, 0) is 32.4 Å². The summed E-state index contributed by atoms with van der Waals surface area (Å²) >= 11 is 0. The molecule has 0 spiro atoms. The third kappa shape index (κ3) is 6.51. The quantitative estimate of drug-likeness (QED) is 0.773. The van der Waals surface area contributed by atoms with E-state index in [9.17, 15) is 5.11 Å². The lowest BCUT2D eigenvalue weighted by Gasteiger charge is -2.26. The molecule has 1 heterocycles. The Labute approximate surface area is 99.8 Å². The minimum Gasteiger partial charge on any atom is -0.389 e. The van der Waals surface area contributed by atoms with E-state index in [1.807, 2.05) is 20.9 Å². The van der Waals surface area contributed by atoms with Crippen molar-refractivity contribution in [2.45, 2.75) is 40.2 Å². The van der Waals surface area contributed by atoms with Gasteiger partial charge in [0.25, 0.3) is 0 Å². The number of nitrogens with zero attached hydrogens (tertiary/aromatic N) is 1. The third-order valence-electron chi connectivity index (χ3n) is 1.99. The van der Waals surface area contributed by atoms with E-state index in [1.165, 1.54) is 5.57 Å². The molecule has 16 heavy (non-hydrogen) atoms. The average Bonchev–Trinajstić information content (AvgIpc) is 2.15. The van der Waals surface area contributed by atoms with Crippen LogP contribution >= 0.6 is 0 Å². The highest BCUT2D eigenvalue weighted by molar-refractivity contribution is 5.25. The lowest BCUT2D eigenvalue weighted by atomic mass is 10.1. The van der Waals surface area contributed by atoms with Crippen LogP contribution in [0.15, 0.2) is 23.5 Å².